The van der Waals surface area contributed by atoms with E-state index in [4.69, 9.17) is 0 Å². The molecule has 2 rings (SSSR count). The maximum Gasteiger partial charge on any atom is 0.349 e. The number of benzene rings is 2. The normalized spacial score (nSPS) is 9.90. The van der Waals surface area contributed by atoms with Crippen LogP contribution in [0, 0.1) is 0 Å². The summed E-state index contributed by atoms with van der Waals surface area (Å²) in [5.41, 5.74) is 0.772. The van der Waals surface area contributed by atoms with Crippen LogP contribution in [-0.4, -0.2) is 17.0 Å². The summed E-state index contributed by atoms with van der Waals surface area (Å²) in [6, 6.07) is 15.0. The molecule has 1 N–H and O–H groups in total. The molecule has 0 aromatic heterocycles. The van der Waals surface area contributed by atoms with E-state index < -0.39 is 11.9 Å². The van der Waals surface area contributed by atoms with Crippen LogP contribution in [0.25, 0.3) is 6.08 Å². The SMILES string of the molecule is O=C(/C=C/c1ccccc1)OC(=O)c1ccccc1O.[Zn]. The summed E-state index contributed by atoms with van der Waals surface area (Å²) >= 11 is 0. The van der Waals surface area contributed by atoms with E-state index in [9.17, 15) is 14.7 Å². The topological polar surface area (TPSA) is 63.6 Å². The molecular formula is C16H12O4Zn. The summed E-state index contributed by atoms with van der Waals surface area (Å²) in [6.45, 7) is 0. The second-order valence-electron chi connectivity index (χ2n) is 3.97. The van der Waals surface area contributed by atoms with Crippen molar-refractivity contribution in [1.29, 1.82) is 0 Å². The van der Waals surface area contributed by atoms with E-state index in [1.807, 2.05) is 30.3 Å². The van der Waals surface area contributed by atoms with Crippen molar-refractivity contribution in [2.45, 2.75) is 0 Å². The smallest absolute Gasteiger partial charge is 0.349 e. The van der Waals surface area contributed by atoms with Gasteiger partial charge in [-0.2, -0.15) is 0 Å². The molecule has 0 amide bonds. The third kappa shape index (κ3) is 4.97. The predicted molar refractivity (Wildman–Crippen MR) is 74.0 cm³/mol. The number of phenols is 1. The predicted octanol–water partition coefficient (Wildman–Crippen LogP) is 2.79. The zero-order chi connectivity index (χ0) is 14.4. The summed E-state index contributed by atoms with van der Waals surface area (Å²) in [5.74, 6) is -1.90. The molecule has 102 valence electrons. The fourth-order valence-electron chi connectivity index (χ4n) is 1.56. The van der Waals surface area contributed by atoms with Gasteiger partial charge in [-0.1, -0.05) is 42.5 Å². The Morgan fingerprint density at radius 3 is 2.24 bits per heavy atom. The number of carbonyl (C=O) groups excluding carboxylic acids is 2. The Hall–Kier alpha value is -2.26. The van der Waals surface area contributed by atoms with Gasteiger partial charge in [-0.15, -0.1) is 0 Å². The molecule has 0 aliphatic heterocycles. The summed E-state index contributed by atoms with van der Waals surface area (Å²) in [7, 11) is 0. The minimum absolute atomic E-state index is 0. The Morgan fingerprint density at radius 1 is 0.952 bits per heavy atom. The van der Waals surface area contributed by atoms with Gasteiger partial charge in [-0.25, -0.2) is 9.59 Å². The Morgan fingerprint density at radius 2 is 1.57 bits per heavy atom. The summed E-state index contributed by atoms with van der Waals surface area (Å²) in [6.07, 6.45) is 2.70. The van der Waals surface area contributed by atoms with Crippen molar-refractivity contribution in [1.82, 2.24) is 0 Å². The fraction of sp³-hybridized carbons (Fsp3) is 0. The van der Waals surface area contributed by atoms with Crippen LogP contribution in [0.4, 0.5) is 0 Å². The first kappa shape index (κ1) is 16.8. The van der Waals surface area contributed by atoms with Gasteiger partial charge in [0.05, 0.1) is 0 Å². The monoisotopic (exact) mass is 332 g/mol. The minimum atomic E-state index is -0.884. The van der Waals surface area contributed by atoms with E-state index in [0.29, 0.717) is 0 Å². The van der Waals surface area contributed by atoms with Gasteiger partial charge in [0, 0.05) is 25.6 Å². The molecule has 5 heteroatoms. The van der Waals surface area contributed by atoms with E-state index in [0.717, 1.165) is 11.6 Å². The fourth-order valence-corrected chi connectivity index (χ4v) is 1.56. The van der Waals surface area contributed by atoms with Gasteiger partial charge in [0.15, 0.2) is 0 Å². The van der Waals surface area contributed by atoms with Crippen LogP contribution >= 0.6 is 0 Å². The summed E-state index contributed by atoms with van der Waals surface area (Å²) in [5, 5.41) is 9.47. The van der Waals surface area contributed by atoms with Gasteiger partial charge in [-0.3, -0.25) is 0 Å². The molecule has 4 nitrogen and oxygen atoms in total. The van der Waals surface area contributed by atoms with E-state index >= 15 is 0 Å². The van der Waals surface area contributed by atoms with Crippen molar-refractivity contribution in [3.8, 4) is 5.75 Å². The van der Waals surface area contributed by atoms with Gasteiger partial charge >= 0.3 is 11.9 Å². The number of hydrogen-bond donors (Lipinski definition) is 1. The van der Waals surface area contributed by atoms with E-state index in [2.05, 4.69) is 4.74 Å². The van der Waals surface area contributed by atoms with Crippen LogP contribution in [0.1, 0.15) is 15.9 Å². The maximum atomic E-state index is 11.7. The average molecular weight is 334 g/mol. The molecule has 2 aromatic rings. The number of phenolic OH excluding ortho intramolecular Hbond substituents is 1. The minimum Gasteiger partial charge on any atom is -0.507 e. The first-order chi connectivity index (χ1) is 9.66. The van der Waals surface area contributed by atoms with Crippen LogP contribution in [0.15, 0.2) is 60.7 Å². The molecule has 0 bridgehead atoms. The zero-order valence-electron chi connectivity index (χ0n) is 11.2. The van der Waals surface area contributed by atoms with E-state index in [1.54, 1.807) is 18.2 Å². The molecule has 0 unspecified atom stereocenters. The third-order valence-electron chi connectivity index (χ3n) is 2.53. The molecule has 21 heavy (non-hydrogen) atoms. The first-order valence-electron chi connectivity index (χ1n) is 5.94. The number of para-hydroxylation sites is 1. The average Bonchev–Trinajstić information content (AvgIpc) is 2.46. The second-order valence-corrected chi connectivity index (χ2v) is 3.97. The van der Waals surface area contributed by atoms with Crippen molar-refractivity contribution in [3.05, 3.63) is 71.8 Å². The van der Waals surface area contributed by atoms with Crippen molar-refractivity contribution in [2.24, 2.45) is 0 Å². The standard InChI is InChI=1S/C16H12O4.Zn/c17-14-9-5-4-8-13(14)16(19)20-15(18)11-10-12-6-2-1-3-7-12;/h1-11,17H;/b11-10+;. The van der Waals surface area contributed by atoms with Crippen molar-refractivity contribution < 1.29 is 38.9 Å². The largest absolute Gasteiger partial charge is 0.507 e. The van der Waals surface area contributed by atoms with Crippen molar-refractivity contribution in [3.63, 3.8) is 0 Å². The van der Waals surface area contributed by atoms with Gasteiger partial charge in [0.1, 0.15) is 11.3 Å². The molecular weight excluding hydrogens is 322 g/mol. The molecule has 0 radical (unpaired) electrons. The number of aromatic hydroxyl groups is 1. The molecule has 0 atom stereocenters. The van der Waals surface area contributed by atoms with Gasteiger partial charge in [0.2, 0.25) is 0 Å². The quantitative estimate of drug-likeness (QED) is 0.406. The van der Waals surface area contributed by atoms with Gasteiger partial charge in [-0.05, 0) is 23.8 Å². The van der Waals surface area contributed by atoms with Crippen LogP contribution in [-0.2, 0) is 29.0 Å². The van der Waals surface area contributed by atoms with Gasteiger partial charge in [0.25, 0.3) is 0 Å². The molecule has 2 aromatic carbocycles. The molecule has 0 aliphatic carbocycles. The van der Waals surface area contributed by atoms with Crippen LogP contribution in [0.2, 0.25) is 0 Å². The molecule has 0 saturated carbocycles. The Labute approximate surface area is 134 Å². The Balaban J connectivity index is 0.00000220. The Bertz CT molecular complexity index is 650. The van der Waals surface area contributed by atoms with Crippen molar-refractivity contribution in [2.75, 3.05) is 0 Å². The number of ether oxygens (including phenoxy) is 1. The van der Waals surface area contributed by atoms with E-state index in [-0.39, 0.29) is 30.8 Å². The van der Waals surface area contributed by atoms with E-state index in [1.165, 1.54) is 12.1 Å². The van der Waals surface area contributed by atoms with Gasteiger partial charge < -0.3 is 9.84 Å². The van der Waals surface area contributed by atoms with Crippen LogP contribution < -0.4 is 0 Å². The second kappa shape index (κ2) is 8.12. The van der Waals surface area contributed by atoms with Crippen molar-refractivity contribution >= 4 is 18.0 Å². The number of carbonyl (C=O) groups is 2. The van der Waals surface area contributed by atoms with Crippen LogP contribution in [0.5, 0.6) is 5.75 Å². The zero-order valence-corrected chi connectivity index (χ0v) is 14.2. The number of rotatable bonds is 3. The molecule has 0 spiro atoms. The van der Waals surface area contributed by atoms with Crippen LogP contribution in [0.3, 0.4) is 0 Å². The molecule has 0 heterocycles. The summed E-state index contributed by atoms with van der Waals surface area (Å²) in [4.78, 5) is 23.2. The molecule has 0 saturated heterocycles. The third-order valence-corrected chi connectivity index (χ3v) is 2.53. The maximum absolute atomic E-state index is 11.7. The first-order valence-corrected chi connectivity index (χ1v) is 5.94. The molecule has 0 aliphatic rings. The Kier molecular flexibility index (Phi) is 6.50. The summed E-state index contributed by atoms with van der Waals surface area (Å²) < 4.78 is 4.61. The number of esters is 2. The number of hydrogen-bond acceptors (Lipinski definition) is 4. The molecule has 0 fully saturated rings.